The van der Waals surface area contributed by atoms with Crippen LogP contribution in [0.2, 0.25) is 0 Å². The van der Waals surface area contributed by atoms with Crippen molar-refractivity contribution in [1.82, 2.24) is 9.78 Å². The summed E-state index contributed by atoms with van der Waals surface area (Å²) < 4.78 is 27.6. The molecule has 5 rings (SSSR count). The zero-order chi connectivity index (χ0) is 21.0. The number of carbonyl (C=O) groups is 1. The molecule has 1 atom stereocenters. The second kappa shape index (κ2) is 6.37. The number of sulfone groups is 1. The topological polar surface area (TPSA) is 92.8 Å². The van der Waals surface area contributed by atoms with E-state index in [0.29, 0.717) is 5.56 Å². The fraction of sp³-hybridized carbons (Fsp3) is 0.0870. The van der Waals surface area contributed by atoms with E-state index in [0.717, 1.165) is 27.6 Å². The predicted molar refractivity (Wildman–Crippen MR) is 113 cm³/mol. The molecule has 0 fully saturated rings. The van der Waals surface area contributed by atoms with Crippen molar-refractivity contribution < 1.29 is 13.2 Å². The average molecular weight is 413 g/mol. The number of aromatic nitrogens is 2. The van der Waals surface area contributed by atoms with Crippen LogP contribution < -0.4 is 0 Å². The van der Waals surface area contributed by atoms with Crippen LogP contribution in [0.3, 0.4) is 0 Å². The largest absolute Gasteiger partial charge is 0.290 e. The van der Waals surface area contributed by atoms with E-state index >= 15 is 0 Å². The molecule has 1 unspecified atom stereocenters. The zero-order valence-electron chi connectivity index (χ0n) is 15.9. The Morgan fingerprint density at radius 2 is 1.67 bits per heavy atom. The maximum Gasteiger partial charge on any atom is 0.216 e. The summed E-state index contributed by atoms with van der Waals surface area (Å²) in [6.45, 7) is 0. The van der Waals surface area contributed by atoms with Gasteiger partial charge in [0.05, 0.1) is 16.7 Å². The Kier molecular flexibility index (Phi) is 3.88. The second-order valence-corrected chi connectivity index (χ2v) is 9.17. The first-order chi connectivity index (χ1) is 14.4. The number of Topliss-reactive ketones (excluding diaryl/α,β-unsaturated/α-hetero) is 1. The average Bonchev–Trinajstić information content (AvgIpc) is 3.27. The standard InChI is InChI=1S/C23H15N3O3S/c1-26-22-17-12-6-8-14-7-5-11-16(19(14)17)20(22)21(25-26)23(27)18(13-24)30(28,29)15-9-3-2-4-10-15/h2-12,18H,1H3. The molecule has 7 heteroatoms. The first-order valence-corrected chi connectivity index (χ1v) is 10.8. The highest BCUT2D eigenvalue weighted by Gasteiger charge is 2.40. The molecule has 0 N–H and O–H groups in total. The Balaban J connectivity index is 1.70. The molecule has 0 saturated carbocycles. The number of carbonyl (C=O) groups excluding carboxylic acids is 1. The van der Waals surface area contributed by atoms with Crippen molar-refractivity contribution in [2.45, 2.75) is 10.1 Å². The van der Waals surface area contributed by atoms with Crippen LogP contribution in [0.4, 0.5) is 0 Å². The number of nitrogens with zero attached hydrogens (tertiary/aromatic N) is 3. The van der Waals surface area contributed by atoms with E-state index in [4.69, 9.17) is 0 Å². The summed E-state index contributed by atoms with van der Waals surface area (Å²) in [4.78, 5) is 13.3. The number of aryl methyl sites for hydroxylation is 1. The number of ketones is 1. The number of fused-ring (bicyclic) bond motifs is 3. The molecule has 30 heavy (non-hydrogen) atoms. The molecule has 0 amide bonds. The Hall–Kier alpha value is -3.76. The van der Waals surface area contributed by atoms with Gasteiger partial charge in [-0.05, 0) is 28.5 Å². The van der Waals surface area contributed by atoms with Gasteiger partial charge in [0, 0.05) is 18.2 Å². The number of hydrogen-bond acceptors (Lipinski definition) is 5. The second-order valence-electron chi connectivity index (χ2n) is 7.14. The zero-order valence-corrected chi connectivity index (χ0v) is 16.7. The van der Waals surface area contributed by atoms with Gasteiger partial charge in [-0.3, -0.25) is 9.48 Å². The van der Waals surface area contributed by atoms with Crippen LogP contribution in [-0.2, 0) is 16.9 Å². The van der Waals surface area contributed by atoms with Crippen LogP contribution in [0, 0.1) is 11.3 Å². The smallest absolute Gasteiger partial charge is 0.216 e. The number of benzene rings is 3. The normalized spacial score (nSPS) is 13.1. The van der Waals surface area contributed by atoms with Crippen molar-refractivity contribution in [1.29, 1.82) is 5.26 Å². The molecular weight excluding hydrogens is 398 g/mol. The lowest BCUT2D eigenvalue weighted by molar-refractivity contribution is 0.0995. The summed E-state index contributed by atoms with van der Waals surface area (Å²) in [5, 5.41) is 14.1. The quantitative estimate of drug-likeness (QED) is 0.418. The molecule has 1 heterocycles. The predicted octanol–water partition coefficient (Wildman–Crippen LogP) is 3.77. The van der Waals surface area contributed by atoms with Crippen molar-refractivity contribution in [3.63, 3.8) is 0 Å². The van der Waals surface area contributed by atoms with Crippen LogP contribution in [0.5, 0.6) is 0 Å². The third-order valence-corrected chi connectivity index (χ3v) is 7.32. The maximum absolute atomic E-state index is 13.4. The molecule has 0 spiro atoms. The van der Waals surface area contributed by atoms with Gasteiger partial charge in [-0.15, -0.1) is 0 Å². The Morgan fingerprint density at radius 3 is 2.33 bits per heavy atom. The summed E-state index contributed by atoms with van der Waals surface area (Å²) in [6.07, 6.45) is 0. The van der Waals surface area contributed by atoms with E-state index in [-0.39, 0.29) is 10.6 Å². The number of nitriles is 1. The van der Waals surface area contributed by atoms with Crippen molar-refractivity contribution >= 4 is 26.4 Å². The van der Waals surface area contributed by atoms with Crippen molar-refractivity contribution in [3.8, 4) is 28.5 Å². The van der Waals surface area contributed by atoms with Crippen LogP contribution in [0.1, 0.15) is 10.5 Å². The minimum Gasteiger partial charge on any atom is -0.290 e. The Bertz CT molecular complexity index is 1490. The monoisotopic (exact) mass is 413 g/mol. The first kappa shape index (κ1) is 18.3. The van der Waals surface area contributed by atoms with Crippen molar-refractivity contribution in [2.24, 2.45) is 7.05 Å². The third-order valence-electron chi connectivity index (χ3n) is 5.45. The van der Waals surface area contributed by atoms with Gasteiger partial charge in [0.25, 0.3) is 0 Å². The highest BCUT2D eigenvalue weighted by molar-refractivity contribution is 7.93. The molecule has 1 aliphatic carbocycles. The van der Waals surface area contributed by atoms with E-state index in [1.165, 1.54) is 12.1 Å². The van der Waals surface area contributed by atoms with Crippen molar-refractivity contribution in [2.75, 3.05) is 0 Å². The number of rotatable bonds is 4. The fourth-order valence-corrected chi connectivity index (χ4v) is 5.49. The van der Waals surface area contributed by atoms with Gasteiger partial charge in [0.1, 0.15) is 5.69 Å². The third kappa shape index (κ3) is 2.38. The molecule has 6 nitrogen and oxygen atoms in total. The van der Waals surface area contributed by atoms with E-state index in [2.05, 4.69) is 5.10 Å². The van der Waals surface area contributed by atoms with Crippen LogP contribution in [-0.4, -0.2) is 29.2 Å². The van der Waals surface area contributed by atoms with Crippen LogP contribution >= 0.6 is 0 Å². The van der Waals surface area contributed by atoms with Crippen molar-refractivity contribution in [3.05, 3.63) is 72.4 Å². The van der Waals surface area contributed by atoms with Gasteiger partial charge in [0.15, 0.2) is 0 Å². The summed E-state index contributed by atoms with van der Waals surface area (Å²) in [5.41, 5.74) is 3.09. The fourth-order valence-electron chi connectivity index (χ4n) is 4.15. The van der Waals surface area contributed by atoms with Gasteiger partial charge >= 0.3 is 0 Å². The summed E-state index contributed by atoms with van der Waals surface area (Å²) >= 11 is 0. The van der Waals surface area contributed by atoms with E-state index in [1.807, 2.05) is 36.4 Å². The van der Waals surface area contributed by atoms with Gasteiger partial charge in [-0.25, -0.2) is 8.42 Å². The minimum atomic E-state index is -4.19. The Labute approximate surface area is 172 Å². The van der Waals surface area contributed by atoms with E-state index in [9.17, 15) is 18.5 Å². The van der Waals surface area contributed by atoms with Gasteiger partial charge in [-0.1, -0.05) is 54.6 Å². The molecule has 0 bridgehead atoms. The van der Waals surface area contributed by atoms with Gasteiger partial charge in [0.2, 0.25) is 20.9 Å². The molecule has 0 saturated heterocycles. The molecule has 1 aliphatic rings. The Morgan fingerprint density at radius 1 is 1.00 bits per heavy atom. The highest BCUT2D eigenvalue weighted by atomic mass is 32.2. The SMILES string of the molecule is Cn1nc(C(=O)C(C#N)S(=O)(=O)c2ccccc2)c2c1-c1cccc3cccc-2c13. The van der Waals surface area contributed by atoms with E-state index < -0.39 is 20.9 Å². The highest BCUT2D eigenvalue weighted by Crippen LogP contribution is 2.48. The summed E-state index contributed by atoms with van der Waals surface area (Å²) in [5.74, 6) is -0.817. The molecular formula is C23H15N3O3S. The molecule has 3 aromatic carbocycles. The summed E-state index contributed by atoms with van der Waals surface area (Å²) in [7, 11) is -2.47. The molecule has 0 radical (unpaired) electrons. The lowest BCUT2D eigenvalue weighted by Gasteiger charge is -2.10. The lowest BCUT2D eigenvalue weighted by atomic mass is 10.0. The van der Waals surface area contributed by atoms with Gasteiger partial charge < -0.3 is 0 Å². The molecule has 4 aromatic rings. The molecule has 146 valence electrons. The summed E-state index contributed by atoms with van der Waals surface area (Å²) in [6, 6.07) is 20.9. The first-order valence-electron chi connectivity index (χ1n) is 9.27. The minimum absolute atomic E-state index is 0.00209. The van der Waals surface area contributed by atoms with E-state index in [1.54, 1.807) is 36.0 Å². The molecule has 0 aliphatic heterocycles. The van der Waals surface area contributed by atoms with Crippen LogP contribution in [0.15, 0.2) is 71.6 Å². The van der Waals surface area contributed by atoms with Crippen LogP contribution in [0.25, 0.3) is 33.2 Å². The maximum atomic E-state index is 13.4. The number of hydrogen-bond donors (Lipinski definition) is 0. The molecule has 1 aromatic heterocycles. The van der Waals surface area contributed by atoms with Gasteiger partial charge in [-0.2, -0.15) is 10.4 Å². The lowest BCUT2D eigenvalue weighted by Crippen LogP contribution is -2.30.